The zero-order valence-corrected chi connectivity index (χ0v) is 18.3. The molecule has 0 spiro atoms. The number of aliphatic carboxylic acids is 1. The SMILES string of the molecule is O=C(NCc1nocc1C(=O)N1CCC(C(=O)O)C1)OCC1c2ccccc2-c2ccccc21. The fourth-order valence-electron chi connectivity index (χ4n) is 4.68. The number of ether oxygens (including phenoxy) is 1. The molecule has 1 aromatic heterocycles. The Morgan fingerprint density at radius 3 is 2.41 bits per heavy atom. The van der Waals surface area contributed by atoms with Gasteiger partial charge < -0.3 is 24.6 Å². The summed E-state index contributed by atoms with van der Waals surface area (Å²) >= 11 is 0. The minimum atomic E-state index is -0.919. The van der Waals surface area contributed by atoms with Crippen LogP contribution in [-0.4, -0.2) is 52.8 Å². The standard InChI is InChI=1S/C25H23N3O6/c29-23(28-10-9-15(12-28)24(30)31)21-14-34-27-22(21)11-26-25(32)33-13-20-18-7-3-1-5-16(18)17-6-2-4-8-19(17)20/h1-8,14-15,20H,9-13H2,(H,26,32)(H,30,31). The molecule has 1 unspecified atom stereocenters. The van der Waals surface area contributed by atoms with Crippen LogP contribution in [0.3, 0.4) is 0 Å². The van der Waals surface area contributed by atoms with Gasteiger partial charge in [0, 0.05) is 19.0 Å². The van der Waals surface area contributed by atoms with Crippen molar-refractivity contribution in [2.45, 2.75) is 18.9 Å². The number of aromatic nitrogens is 1. The minimum absolute atomic E-state index is 0.0511. The van der Waals surface area contributed by atoms with E-state index >= 15 is 0 Å². The van der Waals surface area contributed by atoms with Crippen molar-refractivity contribution in [1.82, 2.24) is 15.4 Å². The Morgan fingerprint density at radius 2 is 1.76 bits per heavy atom. The molecule has 1 saturated heterocycles. The lowest BCUT2D eigenvalue weighted by atomic mass is 9.98. The number of nitrogens with zero attached hydrogens (tertiary/aromatic N) is 2. The van der Waals surface area contributed by atoms with Crippen molar-refractivity contribution in [2.75, 3.05) is 19.7 Å². The molecule has 0 bridgehead atoms. The van der Waals surface area contributed by atoms with E-state index in [1.165, 1.54) is 11.2 Å². The molecule has 34 heavy (non-hydrogen) atoms. The number of carboxylic acids is 1. The number of benzene rings is 2. The number of alkyl carbamates (subject to hydrolysis) is 1. The Balaban J connectivity index is 1.19. The maximum atomic E-state index is 12.8. The number of rotatable bonds is 6. The molecule has 9 nitrogen and oxygen atoms in total. The van der Waals surface area contributed by atoms with E-state index in [4.69, 9.17) is 14.4 Å². The van der Waals surface area contributed by atoms with Crippen molar-refractivity contribution in [3.05, 3.63) is 77.2 Å². The number of amides is 2. The van der Waals surface area contributed by atoms with Crippen LogP contribution in [0.2, 0.25) is 0 Å². The van der Waals surface area contributed by atoms with E-state index in [0.29, 0.717) is 13.0 Å². The van der Waals surface area contributed by atoms with Gasteiger partial charge in [-0.1, -0.05) is 53.7 Å². The van der Waals surface area contributed by atoms with Crippen molar-refractivity contribution in [2.24, 2.45) is 5.92 Å². The zero-order chi connectivity index (χ0) is 23.7. The number of likely N-dealkylation sites (tertiary alicyclic amines) is 1. The molecule has 1 atom stereocenters. The Labute approximate surface area is 195 Å². The van der Waals surface area contributed by atoms with Crippen molar-refractivity contribution >= 4 is 18.0 Å². The number of carboxylic acid groups (broad SMARTS) is 1. The molecule has 0 radical (unpaired) electrons. The summed E-state index contributed by atoms with van der Waals surface area (Å²) in [6.45, 7) is 0.609. The molecule has 0 saturated carbocycles. The number of carbonyl (C=O) groups excluding carboxylic acids is 2. The van der Waals surface area contributed by atoms with Crippen LogP contribution in [-0.2, 0) is 16.1 Å². The highest BCUT2D eigenvalue weighted by Crippen LogP contribution is 2.44. The van der Waals surface area contributed by atoms with Gasteiger partial charge in [-0.15, -0.1) is 0 Å². The molecule has 5 rings (SSSR count). The maximum absolute atomic E-state index is 12.8. The molecular weight excluding hydrogens is 438 g/mol. The number of nitrogens with one attached hydrogen (secondary N) is 1. The van der Waals surface area contributed by atoms with Gasteiger partial charge in [-0.05, 0) is 28.7 Å². The highest BCUT2D eigenvalue weighted by molar-refractivity contribution is 5.95. The smallest absolute Gasteiger partial charge is 0.407 e. The molecule has 2 N–H and O–H groups in total. The predicted octanol–water partition coefficient (Wildman–Crippen LogP) is 3.26. The summed E-state index contributed by atoms with van der Waals surface area (Å²) < 4.78 is 10.5. The first kappa shape index (κ1) is 21.7. The molecule has 3 aromatic rings. The molecule has 1 aliphatic heterocycles. The molecule has 1 fully saturated rings. The van der Waals surface area contributed by atoms with Gasteiger partial charge in [-0.3, -0.25) is 9.59 Å². The summed E-state index contributed by atoms with van der Waals surface area (Å²) in [5.41, 5.74) is 4.98. The first-order valence-electron chi connectivity index (χ1n) is 11.1. The van der Waals surface area contributed by atoms with E-state index in [9.17, 15) is 14.4 Å². The third kappa shape index (κ3) is 4.00. The van der Waals surface area contributed by atoms with Gasteiger partial charge in [0.2, 0.25) is 0 Å². The molecular formula is C25H23N3O6. The number of hydrogen-bond donors (Lipinski definition) is 2. The zero-order valence-electron chi connectivity index (χ0n) is 18.3. The highest BCUT2D eigenvalue weighted by atomic mass is 16.5. The van der Waals surface area contributed by atoms with Crippen LogP contribution < -0.4 is 5.32 Å². The number of carbonyl (C=O) groups is 3. The van der Waals surface area contributed by atoms with Crippen LogP contribution in [0.15, 0.2) is 59.3 Å². The van der Waals surface area contributed by atoms with Crippen LogP contribution in [0, 0.1) is 5.92 Å². The van der Waals surface area contributed by atoms with Gasteiger partial charge in [0.15, 0.2) is 0 Å². The van der Waals surface area contributed by atoms with Gasteiger partial charge in [-0.25, -0.2) is 4.79 Å². The molecule has 9 heteroatoms. The van der Waals surface area contributed by atoms with Crippen LogP contribution in [0.5, 0.6) is 0 Å². The van der Waals surface area contributed by atoms with Crippen LogP contribution in [0.4, 0.5) is 4.79 Å². The Bertz CT molecular complexity index is 1210. The summed E-state index contributed by atoms with van der Waals surface area (Å²) in [4.78, 5) is 37.8. The van der Waals surface area contributed by atoms with Crippen LogP contribution in [0.1, 0.15) is 39.5 Å². The number of fused-ring (bicyclic) bond motifs is 3. The van der Waals surface area contributed by atoms with Gasteiger partial charge in [0.25, 0.3) is 5.91 Å². The van der Waals surface area contributed by atoms with E-state index in [1.807, 2.05) is 36.4 Å². The largest absolute Gasteiger partial charge is 0.481 e. The highest BCUT2D eigenvalue weighted by Gasteiger charge is 2.33. The molecule has 2 amide bonds. The van der Waals surface area contributed by atoms with Crippen molar-refractivity contribution in [3.63, 3.8) is 0 Å². The fourth-order valence-corrected chi connectivity index (χ4v) is 4.68. The van der Waals surface area contributed by atoms with Crippen molar-refractivity contribution in [1.29, 1.82) is 0 Å². The maximum Gasteiger partial charge on any atom is 0.407 e. The summed E-state index contributed by atoms with van der Waals surface area (Å²) in [5, 5.41) is 15.6. The predicted molar refractivity (Wildman–Crippen MR) is 120 cm³/mol. The van der Waals surface area contributed by atoms with Crippen LogP contribution in [0.25, 0.3) is 11.1 Å². The average molecular weight is 461 g/mol. The fraction of sp³-hybridized carbons (Fsp3) is 0.280. The van der Waals surface area contributed by atoms with Crippen molar-refractivity contribution < 1.29 is 28.8 Å². The van der Waals surface area contributed by atoms with E-state index in [1.54, 1.807) is 0 Å². The summed E-state index contributed by atoms with van der Waals surface area (Å²) in [6, 6.07) is 16.1. The molecule has 1 aliphatic carbocycles. The van der Waals surface area contributed by atoms with Gasteiger partial charge in [0.1, 0.15) is 24.1 Å². The van der Waals surface area contributed by atoms with E-state index < -0.39 is 18.0 Å². The summed E-state index contributed by atoms with van der Waals surface area (Å²) in [7, 11) is 0. The second kappa shape index (κ2) is 9.01. The van der Waals surface area contributed by atoms with Gasteiger partial charge >= 0.3 is 12.1 Å². The van der Waals surface area contributed by atoms with E-state index in [-0.39, 0.29) is 42.8 Å². The topological polar surface area (TPSA) is 122 Å². The quantitative estimate of drug-likeness (QED) is 0.578. The second-order valence-electron chi connectivity index (χ2n) is 8.43. The first-order valence-corrected chi connectivity index (χ1v) is 11.1. The average Bonchev–Trinajstić information content (AvgIpc) is 3.59. The Morgan fingerprint density at radius 1 is 1.09 bits per heavy atom. The lowest BCUT2D eigenvalue weighted by molar-refractivity contribution is -0.141. The molecule has 2 aromatic carbocycles. The third-order valence-electron chi connectivity index (χ3n) is 6.44. The lowest BCUT2D eigenvalue weighted by Crippen LogP contribution is -2.31. The second-order valence-corrected chi connectivity index (χ2v) is 8.43. The van der Waals surface area contributed by atoms with Gasteiger partial charge in [-0.2, -0.15) is 0 Å². The van der Waals surface area contributed by atoms with Gasteiger partial charge in [0.05, 0.1) is 12.5 Å². The van der Waals surface area contributed by atoms with E-state index in [2.05, 4.69) is 22.6 Å². The normalized spacial score (nSPS) is 16.7. The number of hydrogen-bond acceptors (Lipinski definition) is 6. The third-order valence-corrected chi connectivity index (χ3v) is 6.44. The Kier molecular flexibility index (Phi) is 5.75. The first-order chi connectivity index (χ1) is 16.5. The molecule has 2 aliphatic rings. The van der Waals surface area contributed by atoms with E-state index in [0.717, 1.165) is 22.3 Å². The van der Waals surface area contributed by atoms with Crippen LogP contribution >= 0.6 is 0 Å². The molecule has 2 heterocycles. The molecule has 174 valence electrons. The lowest BCUT2D eigenvalue weighted by Gasteiger charge is -2.16. The van der Waals surface area contributed by atoms with Crippen molar-refractivity contribution in [3.8, 4) is 11.1 Å². The monoisotopic (exact) mass is 461 g/mol. The minimum Gasteiger partial charge on any atom is -0.481 e. The summed E-state index contributed by atoms with van der Waals surface area (Å²) in [5.74, 6) is -1.92. The summed E-state index contributed by atoms with van der Waals surface area (Å²) in [6.07, 6.45) is 0.987. The Hall–Kier alpha value is -4.14.